The minimum atomic E-state index is -1.46. The standard InChI is InChI=1S/C7H8BO3/c1-11-7-4-2-3-6(5-7)8(9)10/h3-5,9-10H,1H3/q+1. The lowest BCUT2D eigenvalue weighted by Gasteiger charge is -1.97. The van der Waals surface area contributed by atoms with Gasteiger partial charge in [-0.25, -0.2) is 0 Å². The van der Waals surface area contributed by atoms with E-state index in [1.807, 2.05) is 0 Å². The molecular formula is C7H8BO3+. The molecule has 0 radical (unpaired) electrons. The quantitative estimate of drug-likeness (QED) is 0.425. The molecule has 0 unspecified atom stereocenters. The summed E-state index contributed by atoms with van der Waals surface area (Å²) in [6, 6.07) is 0. The van der Waals surface area contributed by atoms with E-state index < -0.39 is 7.12 Å². The summed E-state index contributed by atoms with van der Waals surface area (Å²) in [7, 11) is 0.0535. The molecule has 2 N–H and O–H groups in total. The summed E-state index contributed by atoms with van der Waals surface area (Å²) in [4.78, 5) is 0. The Morgan fingerprint density at radius 1 is 1.55 bits per heavy atom. The molecule has 11 heavy (non-hydrogen) atoms. The van der Waals surface area contributed by atoms with Crippen molar-refractivity contribution in [2.75, 3.05) is 7.11 Å². The maximum Gasteiger partial charge on any atom is 0.569 e. The highest BCUT2D eigenvalue weighted by Gasteiger charge is 2.23. The highest BCUT2D eigenvalue weighted by molar-refractivity contribution is 6.51. The highest BCUT2D eigenvalue weighted by Crippen LogP contribution is 2.10. The second-order valence-corrected chi connectivity index (χ2v) is 2.08. The first-order valence-corrected chi connectivity index (χ1v) is 3.15. The zero-order valence-corrected chi connectivity index (χ0v) is 6.11. The summed E-state index contributed by atoms with van der Waals surface area (Å²) >= 11 is 0. The fourth-order valence-electron chi connectivity index (χ4n) is 0.735. The zero-order chi connectivity index (χ0) is 8.27. The monoisotopic (exact) mass is 151 g/mol. The van der Waals surface area contributed by atoms with Crippen LogP contribution in [0.15, 0.2) is 29.5 Å². The number of methoxy groups -OCH3 is 1. The van der Waals surface area contributed by atoms with Crippen molar-refractivity contribution in [2.45, 2.75) is 0 Å². The molecule has 56 valence electrons. The third-order valence-electron chi connectivity index (χ3n) is 1.32. The maximum absolute atomic E-state index is 8.72. The molecule has 0 spiro atoms. The second-order valence-electron chi connectivity index (χ2n) is 2.08. The third kappa shape index (κ3) is 1.92. The van der Waals surface area contributed by atoms with Crippen LogP contribution in [-0.2, 0) is 4.74 Å². The molecule has 1 aliphatic carbocycles. The Kier molecular flexibility index (Phi) is 2.44. The zero-order valence-electron chi connectivity index (χ0n) is 6.11. The SMILES string of the molecule is COC1=C[C+]=CC(B(O)O)=C1. The molecule has 0 atom stereocenters. The van der Waals surface area contributed by atoms with Crippen molar-refractivity contribution in [1.82, 2.24) is 0 Å². The fourth-order valence-corrected chi connectivity index (χ4v) is 0.735. The molecule has 3 nitrogen and oxygen atoms in total. The van der Waals surface area contributed by atoms with Gasteiger partial charge in [0.05, 0.1) is 24.7 Å². The number of ether oxygens (including phenoxy) is 1. The third-order valence-corrected chi connectivity index (χ3v) is 1.32. The van der Waals surface area contributed by atoms with Gasteiger partial charge in [-0.15, -0.1) is 0 Å². The van der Waals surface area contributed by atoms with Gasteiger partial charge in [0.2, 0.25) is 5.76 Å². The molecule has 0 heterocycles. The van der Waals surface area contributed by atoms with Gasteiger partial charge < -0.3 is 14.8 Å². The number of hydrogen-bond acceptors (Lipinski definition) is 3. The number of allylic oxidation sites excluding steroid dienone is 5. The van der Waals surface area contributed by atoms with Gasteiger partial charge in [0.25, 0.3) is 0 Å². The normalized spacial score (nSPS) is 14.8. The van der Waals surface area contributed by atoms with E-state index >= 15 is 0 Å². The molecule has 0 amide bonds. The first-order chi connectivity index (χ1) is 5.24. The first kappa shape index (κ1) is 8.02. The van der Waals surface area contributed by atoms with Gasteiger partial charge in [0.15, 0.2) is 0 Å². The molecule has 0 fully saturated rings. The molecule has 0 saturated carbocycles. The topological polar surface area (TPSA) is 49.7 Å². The Hall–Kier alpha value is -1.09. The summed E-state index contributed by atoms with van der Waals surface area (Å²) < 4.78 is 4.85. The molecule has 0 saturated heterocycles. The molecule has 4 heteroatoms. The van der Waals surface area contributed by atoms with E-state index in [-0.39, 0.29) is 0 Å². The van der Waals surface area contributed by atoms with E-state index in [0.717, 1.165) is 0 Å². The van der Waals surface area contributed by atoms with Crippen LogP contribution < -0.4 is 0 Å². The van der Waals surface area contributed by atoms with Crippen molar-refractivity contribution >= 4 is 7.12 Å². The van der Waals surface area contributed by atoms with Gasteiger partial charge in [0, 0.05) is 6.08 Å². The summed E-state index contributed by atoms with van der Waals surface area (Å²) in [5.74, 6) is 0.565. The van der Waals surface area contributed by atoms with E-state index in [0.29, 0.717) is 11.2 Å². The smallest absolute Gasteiger partial charge is 0.437 e. The lowest BCUT2D eigenvalue weighted by atomic mass is 9.77. The molecule has 1 aliphatic rings. The first-order valence-electron chi connectivity index (χ1n) is 3.15. The Labute approximate surface area is 65.4 Å². The van der Waals surface area contributed by atoms with E-state index in [1.54, 1.807) is 12.2 Å². The summed E-state index contributed by atoms with van der Waals surface area (Å²) in [6.07, 6.45) is 7.37. The van der Waals surface area contributed by atoms with Crippen LogP contribution in [0.4, 0.5) is 0 Å². The van der Waals surface area contributed by atoms with Crippen molar-refractivity contribution in [3.05, 3.63) is 35.5 Å². The van der Waals surface area contributed by atoms with Crippen LogP contribution in [-0.4, -0.2) is 24.3 Å². The van der Waals surface area contributed by atoms with E-state index in [1.165, 1.54) is 13.2 Å². The van der Waals surface area contributed by atoms with Crippen molar-refractivity contribution in [2.24, 2.45) is 0 Å². The van der Waals surface area contributed by atoms with E-state index in [2.05, 4.69) is 6.08 Å². The summed E-state index contributed by atoms with van der Waals surface area (Å²) in [5, 5.41) is 17.4. The molecule has 0 aromatic heterocycles. The van der Waals surface area contributed by atoms with Crippen LogP contribution >= 0.6 is 0 Å². The van der Waals surface area contributed by atoms with Gasteiger partial charge in [-0.3, -0.25) is 0 Å². The molecule has 0 aromatic rings. The fraction of sp³-hybridized carbons (Fsp3) is 0.143. The predicted molar refractivity (Wildman–Crippen MR) is 41.2 cm³/mol. The molecule has 0 aromatic carbocycles. The number of hydrogen-bond donors (Lipinski definition) is 2. The van der Waals surface area contributed by atoms with Gasteiger partial charge in [-0.05, 0) is 0 Å². The molecule has 0 aliphatic heterocycles. The minimum absolute atomic E-state index is 0.379. The van der Waals surface area contributed by atoms with Crippen LogP contribution in [0.1, 0.15) is 0 Å². The van der Waals surface area contributed by atoms with Gasteiger partial charge >= 0.3 is 7.12 Å². The van der Waals surface area contributed by atoms with Gasteiger partial charge in [-0.2, -0.15) is 0 Å². The van der Waals surface area contributed by atoms with Crippen molar-refractivity contribution < 1.29 is 14.8 Å². The highest BCUT2D eigenvalue weighted by atomic mass is 16.5. The van der Waals surface area contributed by atoms with Crippen molar-refractivity contribution in [1.29, 1.82) is 0 Å². The van der Waals surface area contributed by atoms with Crippen LogP contribution in [0.2, 0.25) is 0 Å². The average molecular weight is 151 g/mol. The van der Waals surface area contributed by atoms with Crippen molar-refractivity contribution in [3.8, 4) is 0 Å². The molecular weight excluding hydrogens is 143 g/mol. The lowest BCUT2D eigenvalue weighted by Crippen LogP contribution is -2.15. The van der Waals surface area contributed by atoms with Crippen LogP contribution in [0.3, 0.4) is 0 Å². The predicted octanol–water partition coefficient (Wildman–Crippen LogP) is -0.172. The van der Waals surface area contributed by atoms with Gasteiger partial charge in [0.1, 0.15) is 6.08 Å². The lowest BCUT2D eigenvalue weighted by molar-refractivity contribution is 0.306. The van der Waals surface area contributed by atoms with Crippen molar-refractivity contribution in [3.63, 3.8) is 0 Å². The molecule has 0 bridgehead atoms. The van der Waals surface area contributed by atoms with Crippen LogP contribution in [0, 0.1) is 6.08 Å². The number of rotatable bonds is 2. The Bertz CT molecular complexity index is 228. The van der Waals surface area contributed by atoms with E-state index in [4.69, 9.17) is 14.8 Å². The van der Waals surface area contributed by atoms with Crippen LogP contribution in [0.5, 0.6) is 0 Å². The average Bonchev–Trinajstić information content (AvgIpc) is 2.05. The minimum Gasteiger partial charge on any atom is -0.437 e. The summed E-state index contributed by atoms with van der Waals surface area (Å²) in [5.41, 5.74) is 0.379. The Balaban J connectivity index is 2.79. The molecule has 1 rings (SSSR count). The largest absolute Gasteiger partial charge is 0.569 e. The second kappa shape index (κ2) is 3.35. The van der Waals surface area contributed by atoms with E-state index in [9.17, 15) is 0 Å². The summed E-state index contributed by atoms with van der Waals surface area (Å²) in [6.45, 7) is 0. The van der Waals surface area contributed by atoms with Gasteiger partial charge in [-0.1, -0.05) is 0 Å². The Morgan fingerprint density at radius 3 is 2.82 bits per heavy atom. The maximum atomic E-state index is 8.72. The van der Waals surface area contributed by atoms with Crippen LogP contribution in [0.25, 0.3) is 0 Å². The Morgan fingerprint density at radius 2 is 2.27 bits per heavy atom.